The molecule has 33 heavy (non-hydrogen) atoms. The van der Waals surface area contributed by atoms with Gasteiger partial charge in [-0.15, -0.1) is 0 Å². The lowest BCUT2D eigenvalue weighted by Gasteiger charge is -2.13. The molecule has 3 aromatic carbocycles. The summed E-state index contributed by atoms with van der Waals surface area (Å²) >= 11 is 6.99. The molecule has 168 valence electrons. The first-order valence-corrected chi connectivity index (χ1v) is 11.6. The monoisotopic (exact) mass is 479 g/mol. The number of benzene rings is 3. The molecule has 4 rings (SSSR count). The number of ether oxygens (including phenoxy) is 2. The Morgan fingerprint density at radius 2 is 1.76 bits per heavy atom. The van der Waals surface area contributed by atoms with Crippen LogP contribution in [0, 0.1) is 6.92 Å². The summed E-state index contributed by atoms with van der Waals surface area (Å²) in [6.45, 7) is 2.85. The molecule has 0 aromatic heterocycles. The minimum absolute atomic E-state index is 0.152. The van der Waals surface area contributed by atoms with Crippen LogP contribution in [0.15, 0.2) is 77.7 Å². The maximum absolute atomic E-state index is 12.7. The molecule has 0 unspecified atom stereocenters. The standard InChI is InChI=1S/C26H22ClNO4S/c1-18-5-4-6-20(15-18)17-32-21-11-9-19(10-12-21)16-24-25(29)28(26(30)33-24)13-14-31-23-8-3-2-7-22(23)27/h2-12,15-16H,13-14,17H2,1H3/b24-16-. The predicted molar refractivity (Wildman–Crippen MR) is 132 cm³/mol. The van der Waals surface area contributed by atoms with E-state index in [1.54, 1.807) is 24.3 Å². The highest BCUT2D eigenvalue weighted by Gasteiger charge is 2.34. The fourth-order valence-corrected chi connectivity index (χ4v) is 4.34. The topological polar surface area (TPSA) is 55.8 Å². The quantitative estimate of drug-likeness (QED) is 0.353. The number of halogens is 1. The zero-order valence-corrected chi connectivity index (χ0v) is 19.6. The van der Waals surface area contributed by atoms with E-state index in [2.05, 4.69) is 6.07 Å². The summed E-state index contributed by atoms with van der Waals surface area (Å²) in [4.78, 5) is 26.6. The summed E-state index contributed by atoms with van der Waals surface area (Å²) in [6.07, 6.45) is 1.71. The van der Waals surface area contributed by atoms with Gasteiger partial charge in [-0.05, 0) is 60.2 Å². The van der Waals surface area contributed by atoms with E-state index in [0.29, 0.717) is 22.3 Å². The Morgan fingerprint density at radius 1 is 0.970 bits per heavy atom. The number of rotatable bonds is 8. The maximum atomic E-state index is 12.7. The molecule has 7 heteroatoms. The zero-order chi connectivity index (χ0) is 23.2. The van der Waals surface area contributed by atoms with Gasteiger partial charge in [0.2, 0.25) is 0 Å². The smallest absolute Gasteiger partial charge is 0.293 e. The van der Waals surface area contributed by atoms with Gasteiger partial charge in [0, 0.05) is 0 Å². The summed E-state index contributed by atoms with van der Waals surface area (Å²) in [6, 6.07) is 22.7. The number of imide groups is 1. The van der Waals surface area contributed by atoms with Crippen LogP contribution in [0.25, 0.3) is 6.08 Å². The van der Waals surface area contributed by atoms with Gasteiger partial charge in [-0.1, -0.05) is 65.7 Å². The van der Waals surface area contributed by atoms with Crippen LogP contribution in [-0.4, -0.2) is 29.2 Å². The third-order valence-corrected chi connectivity index (χ3v) is 6.17. The van der Waals surface area contributed by atoms with Crippen LogP contribution >= 0.6 is 23.4 Å². The van der Waals surface area contributed by atoms with E-state index >= 15 is 0 Å². The molecule has 0 N–H and O–H groups in total. The molecule has 1 aliphatic heterocycles. The van der Waals surface area contributed by atoms with Gasteiger partial charge in [0.05, 0.1) is 16.5 Å². The lowest BCUT2D eigenvalue weighted by molar-refractivity contribution is -0.123. The van der Waals surface area contributed by atoms with Crippen LogP contribution < -0.4 is 9.47 Å². The Balaban J connectivity index is 1.33. The van der Waals surface area contributed by atoms with E-state index in [4.69, 9.17) is 21.1 Å². The fraction of sp³-hybridized carbons (Fsp3) is 0.154. The number of hydrogen-bond donors (Lipinski definition) is 0. The van der Waals surface area contributed by atoms with E-state index in [-0.39, 0.29) is 24.3 Å². The molecule has 0 saturated carbocycles. The molecule has 1 heterocycles. The highest BCUT2D eigenvalue weighted by atomic mass is 35.5. The number of aryl methyl sites for hydroxylation is 1. The normalized spacial score (nSPS) is 14.7. The molecule has 0 radical (unpaired) electrons. The third-order valence-electron chi connectivity index (χ3n) is 4.95. The summed E-state index contributed by atoms with van der Waals surface area (Å²) in [7, 11) is 0. The number of para-hydroxylation sites is 1. The summed E-state index contributed by atoms with van der Waals surface area (Å²) < 4.78 is 11.4. The predicted octanol–water partition coefficient (Wildman–Crippen LogP) is 6.34. The number of hydrogen-bond acceptors (Lipinski definition) is 5. The second-order valence-electron chi connectivity index (χ2n) is 7.46. The Bertz CT molecular complexity index is 1190. The van der Waals surface area contributed by atoms with Crippen LogP contribution in [0.1, 0.15) is 16.7 Å². The third kappa shape index (κ3) is 5.97. The molecule has 1 aliphatic rings. The van der Waals surface area contributed by atoms with Crippen LogP contribution in [-0.2, 0) is 11.4 Å². The van der Waals surface area contributed by atoms with Crippen molar-refractivity contribution < 1.29 is 19.1 Å². The number of carbonyl (C=O) groups excluding carboxylic acids is 2. The van der Waals surface area contributed by atoms with Crippen molar-refractivity contribution in [3.05, 3.63) is 99.4 Å². The van der Waals surface area contributed by atoms with Gasteiger partial charge in [-0.3, -0.25) is 14.5 Å². The van der Waals surface area contributed by atoms with E-state index in [9.17, 15) is 9.59 Å². The first-order valence-electron chi connectivity index (χ1n) is 10.4. The second-order valence-corrected chi connectivity index (χ2v) is 8.86. The lowest BCUT2D eigenvalue weighted by atomic mass is 10.1. The first-order chi connectivity index (χ1) is 16.0. The first kappa shape index (κ1) is 23.0. The summed E-state index contributed by atoms with van der Waals surface area (Å²) in [5, 5.41) is 0.171. The average Bonchev–Trinajstić information content (AvgIpc) is 3.07. The van der Waals surface area contributed by atoms with Crippen LogP contribution in [0.5, 0.6) is 11.5 Å². The Labute approximate surface area is 202 Å². The van der Waals surface area contributed by atoms with Gasteiger partial charge in [-0.2, -0.15) is 0 Å². The van der Waals surface area contributed by atoms with Crippen molar-refractivity contribution in [2.24, 2.45) is 0 Å². The number of carbonyl (C=O) groups is 2. The van der Waals surface area contributed by atoms with Gasteiger partial charge in [0.25, 0.3) is 11.1 Å². The SMILES string of the molecule is Cc1cccc(COc2ccc(/C=C3\SC(=O)N(CCOc4ccccc4Cl)C3=O)cc2)c1. The van der Waals surface area contributed by atoms with Crippen LogP contribution in [0.3, 0.4) is 0 Å². The largest absolute Gasteiger partial charge is 0.490 e. The van der Waals surface area contributed by atoms with Crippen molar-refractivity contribution in [2.75, 3.05) is 13.2 Å². The molecule has 0 aliphatic carbocycles. The van der Waals surface area contributed by atoms with Crippen molar-refractivity contribution in [2.45, 2.75) is 13.5 Å². The Kier molecular flexibility index (Phi) is 7.37. The van der Waals surface area contributed by atoms with Crippen molar-refractivity contribution >= 4 is 40.6 Å². The molecule has 5 nitrogen and oxygen atoms in total. The zero-order valence-electron chi connectivity index (χ0n) is 18.0. The Morgan fingerprint density at radius 3 is 2.52 bits per heavy atom. The van der Waals surface area contributed by atoms with Gasteiger partial charge >= 0.3 is 0 Å². The summed E-state index contributed by atoms with van der Waals surface area (Å²) in [5.41, 5.74) is 3.11. The molecule has 0 bridgehead atoms. The Hall–Kier alpha value is -3.22. The molecule has 0 spiro atoms. The molecule has 1 fully saturated rings. The van der Waals surface area contributed by atoms with Crippen molar-refractivity contribution in [1.29, 1.82) is 0 Å². The number of thioether (sulfide) groups is 1. The van der Waals surface area contributed by atoms with Gasteiger partial charge in [0.1, 0.15) is 24.7 Å². The molecule has 0 atom stereocenters. The molecule has 3 aromatic rings. The maximum Gasteiger partial charge on any atom is 0.293 e. The fourth-order valence-electron chi connectivity index (χ4n) is 3.28. The molecular formula is C26H22ClNO4S. The van der Waals surface area contributed by atoms with E-state index in [1.165, 1.54) is 10.5 Å². The van der Waals surface area contributed by atoms with E-state index < -0.39 is 0 Å². The number of amides is 2. The minimum atomic E-state index is -0.326. The molecular weight excluding hydrogens is 458 g/mol. The van der Waals surface area contributed by atoms with Gasteiger partial charge in [-0.25, -0.2) is 0 Å². The highest BCUT2D eigenvalue weighted by molar-refractivity contribution is 8.18. The van der Waals surface area contributed by atoms with E-state index in [0.717, 1.165) is 28.6 Å². The van der Waals surface area contributed by atoms with Crippen LogP contribution in [0.4, 0.5) is 4.79 Å². The lowest BCUT2D eigenvalue weighted by Crippen LogP contribution is -2.32. The van der Waals surface area contributed by atoms with Gasteiger partial charge in [0.15, 0.2) is 0 Å². The van der Waals surface area contributed by atoms with E-state index in [1.807, 2.05) is 55.5 Å². The number of nitrogens with zero attached hydrogens (tertiary/aromatic N) is 1. The minimum Gasteiger partial charge on any atom is -0.490 e. The average molecular weight is 480 g/mol. The highest BCUT2D eigenvalue weighted by Crippen LogP contribution is 2.32. The van der Waals surface area contributed by atoms with Crippen molar-refractivity contribution in [3.63, 3.8) is 0 Å². The molecule has 2 amide bonds. The van der Waals surface area contributed by atoms with Crippen LogP contribution in [0.2, 0.25) is 5.02 Å². The second kappa shape index (κ2) is 10.6. The van der Waals surface area contributed by atoms with Gasteiger partial charge < -0.3 is 9.47 Å². The van der Waals surface area contributed by atoms with Crippen molar-refractivity contribution in [3.8, 4) is 11.5 Å². The summed E-state index contributed by atoms with van der Waals surface area (Å²) in [5.74, 6) is 0.928. The van der Waals surface area contributed by atoms with Crippen molar-refractivity contribution in [1.82, 2.24) is 4.90 Å². The molecule has 1 saturated heterocycles.